The molecule has 0 fully saturated rings. The lowest BCUT2D eigenvalue weighted by molar-refractivity contribution is 0.219. The summed E-state index contributed by atoms with van der Waals surface area (Å²) in [4.78, 5) is 11.4. The van der Waals surface area contributed by atoms with Crippen LogP contribution in [0.25, 0.3) is 0 Å². The molecule has 96 valence electrons. The number of rotatable bonds is 6. The first kappa shape index (κ1) is 13.5. The minimum atomic E-state index is -0.251. The van der Waals surface area contributed by atoms with Gasteiger partial charge in [-0.15, -0.1) is 0 Å². The van der Waals surface area contributed by atoms with Crippen molar-refractivity contribution in [1.82, 2.24) is 20.4 Å². The Morgan fingerprint density at radius 1 is 1.53 bits per heavy atom. The van der Waals surface area contributed by atoms with Gasteiger partial charge in [-0.2, -0.15) is 5.10 Å². The summed E-state index contributed by atoms with van der Waals surface area (Å²) < 4.78 is 1.83. The zero-order chi connectivity index (χ0) is 12.7. The third kappa shape index (κ3) is 5.35. The number of nitrogens with zero attached hydrogens (tertiary/aromatic N) is 2. The van der Waals surface area contributed by atoms with Crippen molar-refractivity contribution in [3.8, 4) is 0 Å². The van der Waals surface area contributed by atoms with Crippen molar-refractivity contribution < 1.29 is 9.90 Å². The van der Waals surface area contributed by atoms with Crippen molar-refractivity contribution in [2.75, 3.05) is 13.2 Å². The summed E-state index contributed by atoms with van der Waals surface area (Å²) >= 11 is 0. The van der Waals surface area contributed by atoms with Crippen LogP contribution >= 0.6 is 0 Å². The van der Waals surface area contributed by atoms with Gasteiger partial charge < -0.3 is 15.7 Å². The fourth-order valence-electron chi connectivity index (χ4n) is 1.38. The highest BCUT2D eigenvalue weighted by Gasteiger charge is 2.08. The van der Waals surface area contributed by atoms with Crippen LogP contribution in [0.2, 0.25) is 0 Å². The van der Waals surface area contributed by atoms with Crippen LogP contribution < -0.4 is 10.6 Å². The van der Waals surface area contributed by atoms with Crippen molar-refractivity contribution in [2.45, 2.75) is 26.4 Å². The average molecular weight is 240 g/mol. The molecule has 3 N–H and O–H groups in total. The van der Waals surface area contributed by atoms with Crippen LogP contribution in [0, 0.1) is 5.92 Å². The quantitative estimate of drug-likeness (QED) is 0.664. The fraction of sp³-hybridized carbons (Fsp3) is 0.636. The van der Waals surface area contributed by atoms with E-state index in [9.17, 15) is 4.79 Å². The SMILES string of the molecule is CC(CNC(=O)N[C@@H](C)CO)Cn1cccn1. The molecule has 6 nitrogen and oxygen atoms in total. The average Bonchev–Trinajstić information content (AvgIpc) is 2.79. The number of aromatic nitrogens is 2. The molecule has 1 aromatic heterocycles. The first-order valence-electron chi connectivity index (χ1n) is 5.74. The van der Waals surface area contributed by atoms with Gasteiger partial charge in [0.15, 0.2) is 0 Å². The van der Waals surface area contributed by atoms with E-state index in [0.717, 1.165) is 6.54 Å². The summed E-state index contributed by atoms with van der Waals surface area (Å²) in [5, 5.41) is 18.3. The second-order valence-corrected chi connectivity index (χ2v) is 4.27. The number of hydrogen-bond acceptors (Lipinski definition) is 3. The maximum Gasteiger partial charge on any atom is 0.315 e. The standard InChI is InChI=1S/C11H20N4O2/c1-9(7-15-5-3-4-13-15)6-12-11(17)14-10(2)8-16/h3-5,9-10,16H,6-8H2,1-2H3,(H2,12,14,17)/t9?,10-/m0/s1. The number of urea groups is 1. The van der Waals surface area contributed by atoms with Gasteiger partial charge in [-0.3, -0.25) is 4.68 Å². The molecule has 1 aromatic rings. The zero-order valence-electron chi connectivity index (χ0n) is 10.3. The van der Waals surface area contributed by atoms with E-state index in [-0.39, 0.29) is 18.7 Å². The van der Waals surface area contributed by atoms with E-state index >= 15 is 0 Å². The van der Waals surface area contributed by atoms with E-state index in [0.29, 0.717) is 12.5 Å². The minimum absolute atomic E-state index is 0.0593. The number of aliphatic hydroxyl groups excluding tert-OH is 1. The Morgan fingerprint density at radius 2 is 2.29 bits per heavy atom. The van der Waals surface area contributed by atoms with Crippen LogP contribution in [-0.4, -0.2) is 40.1 Å². The highest BCUT2D eigenvalue weighted by Crippen LogP contribution is 1.97. The zero-order valence-corrected chi connectivity index (χ0v) is 10.3. The Bertz CT molecular complexity index is 326. The summed E-state index contributed by atoms with van der Waals surface area (Å²) in [7, 11) is 0. The molecule has 2 amide bonds. The van der Waals surface area contributed by atoms with Gasteiger partial charge in [-0.05, 0) is 18.9 Å². The molecule has 17 heavy (non-hydrogen) atoms. The summed E-state index contributed by atoms with van der Waals surface area (Å²) in [6.45, 7) is 5.06. The normalized spacial score (nSPS) is 14.1. The number of amides is 2. The highest BCUT2D eigenvalue weighted by molar-refractivity contribution is 5.74. The Balaban J connectivity index is 2.19. The molecule has 0 spiro atoms. The summed E-state index contributed by atoms with van der Waals surface area (Å²) in [5.74, 6) is 0.296. The van der Waals surface area contributed by atoms with Crippen LogP contribution in [0.4, 0.5) is 4.79 Å². The van der Waals surface area contributed by atoms with Crippen LogP contribution in [0.1, 0.15) is 13.8 Å². The first-order valence-corrected chi connectivity index (χ1v) is 5.74. The van der Waals surface area contributed by atoms with Gasteiger partial charge in [0.25, 0.3) is 0 Å². The summed E-state index contributed by atoms with van der Waals surface area (Å²) in [5.41, 5.74) is 0. The van der Waals surface area contributed by atoms with E-state index in [1.54, 1.807) is 13.1 Å². The molecule has 0 saturated carbocycles. The van der Waals surface area contributed by atoms with Gasteiger partial charge in [0, 0.05) is 25.5 Å². The molecule has 2 atom stereocenters. The predicted molar refractivity (Wildman–Crippen MR) is 64.5 cm³/mol. The topological polar surface area (TPSA) is 79.2 Å². The van der Waals surface area contributed by atoms with Crippen LogP contribution in [0.15, 0.2) is 18.5 Å². The maximum atomic E-state index is 11.4. The Morgan fingerprint density at radius 3 is 2.88 bits per heavy atom. The lowest BCUT2D eigenvalue weighted by Gasteiger charge is -2.15. The molecule has 6 heteroatoms. The molecule has 0 aliphatic rings. The number of hydrogen-bond donors (Lipinski definition) is 3. The molecular formula is C11H20N4O2. The van der Waals surface area contributed by atoms with Gasteiger partial charge >= 0.3 is 6.03 Å². The molecule has 0 aromatic carbocycles. The monoisotopic (exact) mass is 240 g/mol. The van der Waals surface area contributed by atoms with E-state index in [4.69, 9.17) is 5.11 Å². The van der Waals surface area contributed by atoms with Gasteiger partial charge in [0.05, 0.1) is 12.6 Å². The molecule has 0 aliphatic carbocycles. The lowest BCUT2D eigenvalue weighted by Crippen LogP contribution is -2.43. The largest absolute Gasteiger partial charge is 0.394 e. The summed E-state index contributed by atoms with van der Waals surface area (Å²) in [6, 6.07) is 1.39. The van der Waals surface area contributed by atoms with Gasteiger partial charge in [0.2, 0.25) is 0 Å². The number of nitrogens with one attached hydrogen (secondary N) is 2. The molecule has 0 bridgehead atoms. The van der Waals surface area contributed by atoms with E-state index in [1.807, 2.05) is 23.9 Å². The number of aliphatic hydroxyl groups is 1. The van der Waals surface area contributed by atoms with Gasteiger partial charge in [0.1, 0.15) is 0 Å². The van der Waals surface area contributed by atoms with Crippen LogP contribution in [0.5, 0.6) is 0 Å². The molecular weight excluding hydrogens is 220 g/mol. The van der Waals surface area contributed by atoms with Crippen LogP contribution in [0.3, 0.4) is 0 Å². The second kappa shape index (κ2) is 6.90. The third-order valence-corrected chi connectivity index (χ3v) is 2.32. The van der Waals surface area contributed by atoms with E-state index in [1.165, 1.54) is 0 Å². The van der Waals surface area contributed by atoms with Gasteiger partial charge in [-0.1, -0.05) is 6.92 Å². The van der Waals surface area contributed by atoms with Gasteiger partial charge in [-0.25, -0.2) is 4.79 Å². The molecule has 1 unspecified atom stereocenters. The van der Waals surface area contributed by atoms with Crippen molar-refractivity contribution in [3.63, 3.8) is 0 Å². The minimum Gasteiger partial charge on any atom is -0.394 e. The van der Waals surface area contributed by atoms with Crippen molar-refractivity contribution in [2.24, 2.45) is 5.92 Å². The van der Waals surface area contributed by atoms with Crippen molar-refractivity contribution in [1.29, 1.82) is 0 Å². The Kier molecular flexibility index (Phi) is 5.48. The maximum absolute atomic E-state index is 11.4. The smallest absolute Gasteiger partial charge is 0.315 e. The molecule has 0 aliphatic heterocycles. The fourth-order valence-corrected chi connectivity index (χ4v) is 1.38. The molecule has 1 rings (SSSR count). The van der Waals surface area contributed by atoms with E-state index < -0.39 is 0 Å². The van der Waals surface area contributed by atoms with Crippen LogP contribution in [-0.2, 0) is 6.54 Å². The Labute approximate surface area is 101 Å². The molecule has 1 heterocycles. The summed E-state index contributed by atoms with van der Waals surface area (Å²) in [6.07, 6.45) is 3.63. The van der Waals surface area contributed by atoms with E-state index in [2.05, 4.69) is 15.7 Å². The highest BCUT2D eigenvalue weighted by atomic mass is 16.3. The second-order valence-electron chi connectivity index (χ2n) is 4.27. The molecule has 0 saturated heterocycles. The van der Waals surface area contributed by atoms with Crippen molar-refractivity contribution in [3.05, 3.63) is 18.5 Å². The number of carbonyl (C=O) groups excluding carboxylic acids is 1. The van der Waals surface area contributed by atoms with Crippen molar-refractivity contribution >= 4 is 6.03 Å². The lowest BCUT2D eigenvalue weighted by atomic mass is 10.2. The first-order chi connectivity index (χ1) is 8.11. The Hall–Kier alpha value is -1.56. The third-order valence-electron chi connectivity index (χ3n) is 2.32. The molecule has 0 radical (unpaired) electrons. The number of carbonyl (C=O) groups is 1. The predicted octanol–water partition coefficient (Wildman–Crippen LogP) is 0.199.